The smallest absolute Gasteiger partial charge is 0.251 e. The summed E-state index contributed by atoms with van der Waals surface area (Å²) in [5.74, 6) is 1.48. The zero-order chi connectivity index (χ0) is 26.4. The minimum atomic E-state index is -0.111. The predicted octanol–water partition coefficient (Wildman–Crippen LogP) is 3.19. The number of carbonyl (C=O) groups excluding carboxylic acids is 2. The van der Waals surface area contributed by atoms with Gasteiger partial charge in [0, 0.05) is 38.2 Å². The Morgan fingerprint density at radius 1 is 1.22 bits per heavy atom. The van der Waals surface area contributed by atoms with Crippen molar-refractivity contribution in [2.45, 2.75) is 38.1 Å². The summed E-state index contributed by atoms with van der Waals surface area (Å²) in [6, 6.07) is 5.46. The highest BCUT2D eigenvalue weighted by atomic mass is 16.5. The molecular formula is C27H37N7O3. The minimum Gasteiger partial charge on any atom is -0.495 e. The fourth-order valence-electron chi connectivity index (χ4n) is 4.69. The molecule has 0 aliphatic carbocycles. The molecule has 4 rings (SSSR count). The Kier molecular flexibility index (Phi) is 8.60. The first-order chi connectivity index (χ1) is 17.9. The normalized spacial score (nSPS) is 17.3. The molecule has 10 heteroatoms. The summed E-state index contributed by atoms with van der Waals surface area (Å²) in [6.45, 7) is 7.21. The second kappa shape index (κ2) is 12.1. The first-order valence-corrected chi connectivity index (χ1v) is 12.8. The van der Waals surface area contributed by atoms with Gasteiger partial charge in [0.25, 0.3) is 5.91 Å². The van der Waals surface area contributed by atoms with Crippen LogP contribution >= 0.6 is 0 Å². The number of hydrogen-bond acceptors (Lipinski definition) is 8. The number of likely N-dealkylation sites (tertiary alicyclic amines) is 1. The lowest BCUT2D eigenvalue weighted by atomic mass is 10.0. The molecular weight excluding hydrogens is 470 g/mol. The van der Waals surface area contributed by atoms with E-state index in [2.05, 4.69) is 39.0 Å². The molecule has 0 bridgehead atoms. The Morgan fingerprint density at radius 2 is 2.00 bits per heavy atom. The second-order valence-corrected chi connectivity index (χ2v) is 9.64. The quantitative estimate of drug-likeness (QED) is 0.551. The molecule has 1 aromatic heterocycles. The van der Waals surface area contributed by atoms with Crippen molar-refractivity contribution >= 4 is 35.0 Å². The Hall–Kier alpha value is -3.66. The molecule has 2 amide bonds. The van der Waals surface area contributed by atoms with Crippen LogP contribution in [0.3, 0.4) is 0 Å². The van der Waals surface area contributed by atoms with Crippen LogP contribution in [0.5, 0.6) is 5.75 Å². The molecule has 198 valence electrons. The van der Waals surface area contributed by atoms with Crippen LogP contribution < -0.4 is 25.2 Å². The van der Waals surface area contributed by atoms with Crippen molar-refractivity contribution in [3.8, 4) is 5.75 Å². The van der Waals surface area contributed by atoms with Gasteiger partial charge < -0.3 is 30.1 Å². The van der Waals surface area contributed by atoms with Crippen LogP contribution in [0.2, 0.25) is 0 Å². The Labute approximate surface area is 218 Å². The lowest BCUT2D eigenvalue weighted by Crippen LogP contribution is -2.43. The third kappa shape index (κ3) is 6.37. The second-order valence-electron chi connectivity index (χ2n) is 9.64. The van der Waals surface area contributed by atoms with E-state index < -0.39 is 0 Å². The number of ether oxygens (including phenoxy) is 1. The first-order valence-electron chi connectivity index (χ1n) is 12.8. The number of nitrogens with zero attached hydrogens (tertiary/aromatic N) is 5. The fourth-order valence-corrected chi connectivity index (χ4v) is 4.69. The van der Waals surface area contributed by atoms with Gasteiger partial charge in [-0.05, 0) is 64.0 Å². The lowest BCUT2D eigenvalue weighted by molar-refractivity contribution is -0.118. The molecule has 10 nitrogen and oxygen atoms in total. The highest BCUT2D eigenvalue weighted by Crippen LogP contribution is 2.32. The molecule has 2 aliphatic rings. The molecule has 0 unspecified atom stereocenters. The number of carbonyl (C=O) groups is 2. The summed E-state index contributed by atoms with van der Waals surface area (Å²) >= 11 is 0. The summed E-state index contributed by atoms with van der Waals surface area (Å²) in [5.41, 5.74) is 1.84. The molecule has 1 saturated heterocycles. The number of benzene rings is 1. The van der Waals surface area contributed by atoms with E-state index in [1.54, 1.807) is 43.5 Å². The zero-order valence-electron chi connectivity index (χ0n) is 22.0. The number of nitrogens with one attached hydrogen (secondary N) is 2. The predicted molar refractivity (Wildman–Crippen MR) is 146 cm³/mol. The van der Waals surface area contributed by atoms with Crippen molar-refractivity contribution in [3.63, 3.8) is 0 Å². The Bertz CT molecular complexity index is 1130. The molecule has 0 spiro atoms. The van der Waals surface area contributed by atoms with Gasteiger partial charge in [0.05, 0.1) is 19.0 Å². The van der Waals surface area contributed by atoms with Crippen LogP contribution in [-0.4, -0.2) is 80.1 Å². The molecule has 2 N–H and O–H groups in total. The molecule has 3 heterocycles. The van der Waals surface area contributed by atoms with Gasteiger partial charge in [-0.15, -0.1) is 6.58 Å². The van der Waals surface area contributed by atoms with Gasteiger partial charge in [0.15, 0.2) is 5.82 Å². The number of aromatic nitrogens is 2. The summed E-state index contributed by atoms with van der Waals surface area (Å²) in [4.78, 5) is 40.7. The lowest BCUT2D eigenvalue weighted by Gasteiger charge is -2.29. The Morgan fingerprint density at radius 3 is 2.73 bits per heavy atom. The maximum Gasteiger partial charge on any atom is 0.251 e. The maximum absolute atomic E-state index is 12.9. The number of amides is 2. The zero-order valence-corrected chi connectivity index (χ0v) is 22.0. The van der Waals surface area contributed by atoms with Gasteiger partial charge in [0.2, 0.25) is 11.9 Å². The van der Waals surface area contributed by atoms with Crippen molar-refractivity contribution in [1.82, 2.24) is 20.2 Å². The van der Waals surface area contributed by atoms with E-state index in [0.717, 1.165) is 45.3 Å². The number of methoxy groups -OCH3 is 1. The van der Waals surface area contributed by atoms with Crippen LogP contribution in [0.15, 0.2) is 37.1 Å². The summed E-state index contributed by atoms with van der Waals surface area (Å²) in [7, 11) is 5.42. The standard InChI is InChI=1S/C27H37N7O3/c1-5-13-34-14-7-6-8-24(35)33(3)22-18-28-27(31-25(22)34)30-21-10-9-19(17-23(21)37-4)26(36)29-20-11-15-32(2)16-12-20/h5,9-10,17-18,20H,1,6-8,11-16H2,2-4H3,(H,29,36)(H,28,30,31). The topological polar surface area (TPSA) is 103 Å². The monoisotopic (exact) mass is 507 g/mol. The minimum absolute atomic E-state index is 0.0433. The maximum atomic E-state index is 12.9. The molecule has 0 saturated carbocycles. The Balaban J connectivity index is 1.55. The highest BCUT2D eigenvalue weighted by Gasteiger charge is 2.23. The van der Waals surface area contributed by atoms with Gasteiger partial charge in [-0.1, -0.05) is 6.08 Å². The third-order valence-electron chi connectivity index (χ3n) is 6.97. The molecule has 1 fully saturated rings. The molecule has 1 aromatic carbocycles. The van der Waals surface area contributed by atoms with Crippen molar-refractivity contribution in [2.75, 3.05) is 62.5 Å². The van der Waals surface area contributed by atoms with Gasteiger partial charge >= 0.3 is 0 Å². The van der Waals surface area contributed by atoms with Crippen LogP contribution in [0.4, 0.5) is 23.1 Å². The van der Waals surface area contributed by atoms with Crippen LogP contribution in [0, 0.1) is 0 Å². The number of anilines is 4. The van der Waals surface area contributed by atoms with Crippen molar-refractivity contribution < 1.29 is 14.3 Å². The van der Waals surface area contributed by atoms with E-state index in [-0.39, 0.29) is 17.9 Å². The molecule has 37 heavy (non-hydrogen) atoms. The van der Waals surface area contributed by atoms with Crippen LogP contribution in [0.1, 0.15) is 42.5 Å². The number of hydrogen-bond donors (Lipinski definition) is 2. The van der Waals surface area contributed by atoms with Crippen molar-refractivity contribution in [1.29, 1.82) is 0 Å². The van der Waals surface area contributed by atoms with Crippen molar-refractivity contribution in [2.24, 2.45) is 0 Å². The van der Waals surface area contributed by atoms with E-state index >= 15 is 0 Å². The molecule has 0 atom stereocenters. The number of fused-ring (bicyclic) bond motifs is 1. The first kappa shape index (κ1) is 26.4. The molecule has 2 aliphatic heterocycles. The van der Waals surface area contributed by atoms with Gasteiger partial charge in [-0.2, -0.15) is 4.98 Å². The van der Waals surface area contributed by atoms with E-state index in [0.29, 0.717) is 47.4 Å². The SMILES string of the molecule is C=CCN1CCCCC(=O)N(C)c2cnc(Nc3ccc(C(=O)NC4CCN(C)CC4)cc3OC)nc21. The van der Waals surface area contributed by atoms with E-state index in [9.17, 15) is 9.59 Å². The molecule has 0 radical (unpaired) electrons. The summed E-state index contributed by atoms with van der Waals surface area (Å²) in [6.07, 6.45) is 7.58. The summed E-state index contributed by atoms with van der Waals surface area (Å²) in [5, 5.41) is 6.36. The third-order valence-corrected chi connectivity index (χ3v) is 6.97. The largest absolute Gasteiger partial charge is 0.495 e. The van der Waals surface area contributed by atoms with Gasteiger partial charge in [0.1, 0.15) is 11.4 Å². The number of rotatable bonds is 7. The molecule has 2 aromatic rings. The van der Waals surface area contributed by atoms with Crippen LogP contribution in [0.25, 0.3) is 0 Å². The fraction of sp³-hybridized carbons (Fsp3) is 0.481. The van der Waals surface area contributed by atoms with E-state index in [1.165, 1.54) is 0 Å². The average Bonchev–Trinajstić information content (AvgIpc) is 2.95. The summed E-state index contributed by atoms with van der Waals surface area (Å²) < 4.78 is 5.59. The number of piperidine rings is 1. The van der Waals surface area contributed by atoms with Gasteiger partial charge in [-0.3, -0.25) is 9.59 Å². The highest BCUT2D eigenvalue weighted by molar-refractivity contribution is 5.96. The average molecular weight is 508 g/mol. The van der Waals surface area contributed by atoms with E-state index in [4.69, 9.17) is 9.72 Å². The van der Waals surface area contributed by atoms with Gasteiger partial charge in [-0.25, -0.2) is 4.98 Å². The van der Waals surface area contributed by atoms with Crippen molar-refractivity contribution in [3.05, 3.63) is 42.6 Å². The van der Waals surface area contributed by atoms with E-state index in [1.807, 2.05) is 6.08 Å². The van der Waals surface area contributed by atoms with Crippen LogP contribution in [-0.2, 0) is 4.79 Å².